The topological polar surface area (TPSA) is 30.2 Å². The van der Waals surface area contributed by atoms with Crippen LogP contribution in [-0.2, 0) is 12.3 Å². The first kappa shape index (κ1) is 8.51. The fraction of sp³-hybridized carbons (Fsp3) is 0.333. The van der Waals surface area contributed by atoms with E-state index in [1.807, 2.05) is 12.3 Å². The van der Waals surface area contributed by atoms with Gasteiger partial charge < -0.3 is 0 Å². The van der Waals surface area contributed by atoms with E-state index >= 15 is 0 Å². The average molecular weight is 196 g/mol. The SMILES string of the molecule is CCc1nn2cccnc2c1CCl. The van der Waals surface area contributed by atoms with Gasteiger partial charge in [0.25, 0.3) is 0 Å². The Morgan fingerprint density at radius 1 is 1.54 bits per heavy atom. The molecule has 0 aliphatic rings. The maximum atomic E-state index is 5.84. The summed E-state index contributed by atoms with van der Waals surface area (Å²) in [6.07, 6.45) is 4.54. The predicted octanol–water partition coefficient (Wildman–Crippen LogP) is 2.03. The molecule has 3 nitrogen and oxygen atoms in total. The van der Waals surface area contributed by atoms with E-state index in [0.29, 0.717) is 5.88 Å². The smallest absolute Gasteiger partial charge is 0.159 e. The molecule has 4 heteroatoms. The van der Waals surface area contributed by atoms with Gasteiger partial charge in [-0.25, -0.2) is 9.50 Å². The minimum absolute atomic E-state index is 0.476. The molecular weight excluding hydrogens is 186 g/mol. The van der Waals surface area contributed by atoms with Gasteiger partial charge in [0.15, 0.2) is 5.65 Å². The number of aromatic nitrogens is 3. The Bertz CT molecular complexity index is 422. The van der Waals surface area contributed by atoms with E-state index in [4.69, 9.17) is 11.6 Å². The largest absolute Gasteiger partial charge is 0.237 e. The van der Waals surface area contributed by atoms with Crippen molar-refractivity contribution in [3.63, 3.8) is 0 Å². The maximum Gasteiger partial charge on any atom is 0.159 e. The highest BCUT2D eigenvalue weighted by molar-refractivity contribution is 6.17. The average Bonchev–Trinajstić information content (AvgIpc) is 2.55. The highest BCUT2D eigenvalue weighted by atomic mass is 35.5. The molecule has 0 aromatic carbocycles. The van der Waals surface area contributed by atoms with Crippen LogP contribution in [0.3, 0.4) is 0 Å². The van der Waals surface area contributed by atoms with E-state index < -0.39 is 0 Å². The Balaban J connectivity index is 2.73. The molecule has 0 radical (unpaired) electrons. The van der Waals surface area contributed by atoms with E-state index in [1.54, 1.807) is 10.7 Å². The van der Waals surface area contributed by atoms with Crippen LogP contribution in [0.5, 0.6) is 0 Å². The molecule has 0 amide bonds. The molecule has 0 unspecified atom stereocenters. The van der Waals surface area contributed by atoms with Gasteiger partial charge >= 0.3 is 0 Å². The summed E-state index contributed by atoms with van der Waals surface area (Å²) in [7, 11) is 0. The van der Waals surface area contributed by atoms with E-state index in [-0.39, 0.29) is 0 Å². The molecule has 0 fully saturated rings. The van der Waals surface area contributed by atoms with Crippen molar-refractivity contribution in [1.82, 2.24) is 14.6 Å². The second-order valence-corrected chi connectivity index (χ2v) is 3.07. The summed E-state index contributed by atoms with van der Waals surface area (Å²) < 4.78 is 1.77. The number of aryl methyl sites for hydroxylation is 1. The highest BCUT2D eigenvalue weighted by Crippen LogP contribution is 2.15. The van der Waals surface area contributed by atoms with Gasteiger partial charge in [-0.2, -0.15) is 5.10 Å². The quantitative estimate of drug-likeness (QED) is 0.687. The van der Waals surface area contributed by atoms with E-state index in [2.05, 4.69) is 17.0 Å². The van der Waals surface area contributed by atoms with Gasteiger partial charge in [-0.1, -0.05) is 6.92 Å². The van der Waals surface area contributed by atoms with Crippen molar-refractivity contribution in [2.45, 2.75) is 19.2 Å². The summed E-state index contributed by atoms with van der Waals surface area (Å²) in [6.45, 7) is 2.07. The monoisotopic (exact) mass is 195 g/mol. The van der Waals surface area contributed by atoms with Gasteiger partial charge in [-0.3, -0.25) is 0 Å². The maximum absolute atomic E-state index is 5.84. The van der Waals surface area contributed by atoms with Crippen molar-refractivity contribution < 1.29 is 0 Å². The summed E-state index contributed by atoms with van der Waals surface area (Å²) in [4.78, 5) is 4.24. The van der Waals surface area contributed by atoms with Crippen LogP contribution in [0.4, 0.5) is 0 Å². The van der Waals surface area contributed by atoms with Gasteiger partial charge in [-0.15, -0.1) is 11.6 Å². The second-order valence-electron chi connectivity index (χ2n) is 2.80. The Labute approximate surface area is 81.4 Å². The first-order valence-corrected chi connectivity index (χ1v) is 4.77. The first-order chi connectivity index (χ1) is 6.36. The predicted molar refractivity (Wildman–Crippen MR) is 51.9 cm³/mol. The lowest BCUT2D eigenvalue weighted by atomic mass is 10.2. The van der Waals surface area contributed by atoms with Crippen LogP contribution in [0.1, 0.15) is 18.2 Å². The third kappa shape index (κ3) is 1.29. The molecule has 68 valence electrons. The Morgan fingerprint density at radius 2 is 2.38 bits per heavy atom. The van der Waals surface area contributed by atoms with Gasteiger partial charge in [-0.05, 0) is 12.5 Å². The zero-order valence-electron chi connectivity index (χ0n) is 7.37. The minimum Gasteiger partial charge on any atom is -0.237 e. The molecule has 0 bridgehead atoms. The van der Waals surface area contributed by atoms with Crippen molar-refractivity contribution in [2.24, 2.45) is 0 Å². The van der Waals surface area contributed by atoms with Crippen LogP contribution in [0.25, 0.3) is 5.65 Å². The number of nitrogens with zero attached hydrogens (tertiary/aromatic N) is 3. The fourth-order valence-corrected chi connectivity index (χ4v) is 1.67. The van der Waals surface area contributed by atoms with Crippen molar-refractivity contribution in [3.8, 4) is 0 Å². The summed E-state index contributed by atoms with van der Waals surface area (Å²) in [6, 6.07) is 1.86. The van der Waals surface area contributed by atoms with Crippen LogP contribution in [-0.4, -0.2) is 14.6 Å². The molecule has 2 aromatic heterocycles. The highest BCUT2D eigenvalue weighted by Gasteiger charge is 2.09. The van der Waals surface area contributed by atoms with E-state index in [1.165, 1.54) is 0 Å². The van der Waals surface area contributed by atoms with E-state index in [9.17, 15) is 0 Å². The number of fused-ring (bicyclic) bond motifs is 1. The zero-order chi connectivity index (χ0) is 9.26. The van der Waals surface area contributed by atoms with Crippen molar-refractivity contribution in [3.05, 3.63) is 29.7 Å². The molecule has 0 aliphatic carbocycles. The first-order valence-electron chi connectivity index (χ1n) is 4.24. The number of rotatable bonds is 2. The summed E-state index contributed by atoms with van der Waals surface area (Å²) in [5.41, 5.74) is 2.95. The molecule has 0 N–H and O–H groups in total. The summed E-state index contributed by atoms with van der Waals surface area (Å²) >= 11 is 5.84. The molecule has 0 atom stereocenters. The number of hydrogen-bond donors (Lipinski definition) is 0. The standard InChI is InChI=1S/C9H10ClN3/c1-2-8-7(6-10)9-11-4-3-5-13(9)12-8/h3-5H,2,6H2,1H3. The minimum atomic E-state index is 0.476. The van der Waals surface area contributed by atoms with Gasteiger partial charge in [0.05, 0.1) is 11.6 Å². The Morgan fingerprint density at radius 3 is 3.08 bits per heavy atom. The lowest BCUT2D eigenvalue weighted by Crippen LogP contribution is -1.87. The number of hydrogen-bond acceptors (Lipinski definition) is 2. The van der Waals surface area contributed by atoms with Crippen LogP contribution >= 0.6 is 11.6 Å². The molecule has 0 aliphatic heterocycles. The fourth-order valence-electron chi connectivity index (χ4n) is 1.40. The zero-order valence-corrected chi connectivity index (χ0v) is 8.12. The van der Waals surface area contributed by atoms with Gasteiger partial charge in [0, 0.05) is 18.0 Å². The Kier molecular flexibility index (Phi) is 2.19. The molecule has 2 rings (SSSR count). The van der Waals surface area contributed by atoms with Crippen LogP contribution in [0, 0.1) is 0 Å². The molecule has 2 heterocycles. The molecule has 0 spiro atoms. The van der Waals surface area contributed by atoms with Crippen molar-refractivity contribution >= 4 is 17.2 Å². The van der Waals surface area contributed by atoms with Crippen LogP contribution in [0.15, 0.2) is 18.5 Å². The van der Waals surface area contributed by atoms with E-state index in [0.717, 1.165) is 23.3 Å². The molecule has 0 saturated carbocycles. The number of alkyl halides is 1. The summed E-state index contributed by atoms with van der Waals surface area (Å²) in [5, 5.41) is 4.37. The summed E-state index contributed by atoms with van der Waals surface area (Å²) in [5.74, 6) is 0.476. The molecule has 0 saturated heterocycles. The normalized spacial score (nSPS) is 10.9. The van der Waals surface area contributed by atoms with Crippen molar-refractivity contribution in [2.75, 3.05) is 0 Å². The van der Waals surface area contributed by atoms with Gasteiger partial charge in [0.1, 0.15) is 0 Å². The third-order valence-electron chi connectivity index (χ3n) is 2.04. The second kappa shape index (κ2) is 3.34. The third-order valence-corrected chi connectivity index (χ3v) is 2.31. The lowest BCUT2D eigenvalue weighted by molar-refractivity contribution is 0.885. The lowest BCUT2D eigenvalue weighted by Gasteiger charge is -1.92. The van der Waals surface area contributed by atoms with Crippen molar-refractivity contribution in [1.29, 1.82) is 0 Å². The molecular formula is C9H10ClN3. The number of halogens is 1. The molecule has 13 heavy (non-hydrogen) atoms. The van der Waals surface area contributed by atoms with Crippen LogP contribution < -0.4 is 0 Å². The molecule has 2 aromatic rings. The van der Waals surface area contributed by atoms with Gasteiger partial charge in [0.2, 0.25) is 0 Å². The van der Waals surface area contributed by atoms with Crippen LogP contribution in [0.2, 0.25) is 0 Å². The Hall–Kier alpha value is -1.09.